The second-order valence-corrected chi connectivity index (χ2v) is 4.01. The Bertz CT molecular complexity index is 348. The summed E-state index contributed by atoms with van der Waals surface area (Å²) in [6, 6.07) is 0. The van der Waals surface area contributed by atoms with Gasteiger partial charge in [0.2, 0.25) is 0 Å². The average molecular weight is 274 g/mol. The first-order valence-corrected chi connectivity index (χ1v) is 5.68. The van der Waals surface area contributed by atoms with Crippen molar-refractivity contribution in [2.24, 2.45) is 0 Å². The molecule has 0 saturated heterocycles. The largest absolute Gasteiger partial charge is 0.461 e. The molecule has 0 rings (SSSR count). The van der Waals surface area contributed by atoms with Gasteiger partial charge >= 0.3 is 11.9 Å². The lowest BCUT2D eigenvalue weighted by molar-refractivity contribution is -0.163. The molecular weight excluding hydrogens is 256 g/mol. The molecule has 0 aromatic carbocycles. The lowest BCUT2D eigenvalue weighted by Gasteiger charge is -2.16. The highest BCUT2D eigenvalue weighted by molar-refractivity contribution is 5.94. The molecule has 0 amide bonds. The van der Waals surface area contributed by atoms with Crippen LogP contribution >= 0.6 is 0 Å². The summed E-state index contributed by atoms with van der Waals surface area (Å²) in [4.78, 5) is 43.8. The van der Waals surface area contributed by atoms with Crippen LogP contribution in [0.25, 0.3) is 0 Å². The highest BCUT2D eigenvalue weighted by atomic mass is 16.6. The van der Waals surface area contributed by atoms with Crippen molar-refractivity contribution in [1.82, 2.24) is 0 Å². The number of carbonyl (C=O) groups is 4. The molecule has 0 N–H and O–H groups in total. The van der Waals surface area contributed by atoms with Gasteiger partial charge in [0, 0.05) is 7.11 Å². The number of carbonyl (C=O) groups excluding carboxylic acids is 4. The quantitative estimate of drug-likeness (QED) is 0.433. The number of ketones is 2. The van der Waals surface area contributed by atoms with E-state index < -0.39 is 18.0 Å². The third kappa shape index (κ3) is 9.90. The van der Waals surface area contributed by atoms with Crippen LogP contribution in [0.2, 0.25) is 0 Å². The maximum atomic E-state index is 11.3. The van der Waals surface area contributed by atoms with Gasteiger partial charge in [0.05, 0.1) is 6.61 Å². The summed E-state index contributed by atoms with van der Waals surface area (Å²) in [5.41, 5.74) is 0. The Morgan fingerprint density at radius 1 is 0.895 bits per heavy atom. The van der Waals surface area contributed by atoms with Crippen LogP contribution in [0.1, 0.15) is 26.7 Å². The zero-order valence-corrected chi connectivity index (χ0v) is 11.3. The Kier molecular flexibility index (Phi) is 8.35. The zero-order chi connectivity index (χ0) is 14.8. The normalized spacial score (nSPS) is 11.5. The van der Waals surface area contributed by atoms with Crippen molar-refractivity contribution in [3.8, 4) is 0 Å². The molecular formula is C12H18O7. The molecule has 1 atom stereocenters. The van der Waals surface area contributed by atoms with E-state index >= 15 is 0 Å². The monoisotopic (exact) mass is 274 g/mol. The Balaban J connectivity index is 4.18. The van der Waals surface area contributed by atoms with Gasteiger partial charge in [-0.2, -0.15) is 0 Å². The fourth-order valence-electron chi connectivity index (χ4n) is 1.17. The molecule has 0 aliphatic carbocycles. The van der Waals surface area contributed by atoms with Crippen LogP contribution < -0.4 is 0 Å². The summed E-state index contributed by atoms with van der Waals surface area (Å²) < 4.78 is 14.5. The number of ether oxygens (including phenoxy) is 3. The van der Waals surface area contributed by atoms with E-state index in [2.05, 4.69) is 0 Å². The predicted molar refractivity (Wildman–Crippen MR) is 63.3 cm³/mol. The minimum atomic E-state index is -0.798. The summed E-state index contributed by atoms with van der Waals surface area (Å²) in [5.74, 6) is -2.05. The highest BCUT2D eigenvalue weighted by Crippen LogP contribution is 2.00. The summed E-state index contributed by atoms with van der Waals surface area (Å²) in [6.07, 6.45) is -1.48. The van der Waals surface area contributed by atoms with Gasteiger partial charge in [-0.15, -0.1) is 0 Å². The molecule has 19 heavy (non-hydrogen) atoms. The SMILES string of the molecule is COCC(COC(=O)CC(C)=O)OC(=O)CC(C)=O. The smallest absolute Gasteiger partial charge is 0.313 e. The van der Waals surface area contributed by atoms with Gasteiger partial charge in [-0.25, -0.2) is 0 Å². The van der Waals surface area contributed by atoms with Gasteiger partial charge in [-0.3, -0.25) is 19.2 Å². The minimum absolute atomic E-state index is 0.0248. The van der Waals surface area contributed by atoms with E-state index in [0.29, 0.717) is 0 Å². The molecule has 1 unspecified atom stereocenters. The first-order valence-electron chi connectivity index (χ1n) is 5.68. The van der Waals surface area contributed by atoms with Crippen LogP contribution in [-0.4, -0.2) is 49.9 Å². The topological polar surface area (TPSA) is 96.0 Å². The molecule has 0 aromatic rings. The van der Waals surface area contributed by atoms with Gasteiger partial charge in [-0.05, 0) is 13.8 Å². The number of Topliss-reactive ketones (excluding diaryl/α,β-unsaturated/α-hetero) is 2. The van der Waals surface area contributed by atoms with E-state index in [1.807, 2.05) is 0 Å². The number of hydrogen-bond acceptors (Lipinski definition) is 7. The van der Waals surface area contributed by atoms with E-state index in [9.17, 15) is 19.2 Å². The second-order valence-electron chi connectivity index (χ2n) is 4.01. The number of rotatable bonds is 9. The Morgan fingerprint density at radius 2 is 1.42 bits per heavy atom. The molecule has 108 valence electrons. The van der Waals surface area contributed by atoms with E-state index in [0.717, 1.165) is 0 Å². The van der Waals surface area contributed by atoms with Crippen molar-refractivity contribution in [1.29, 1.82) is 0 Å². The third-order valence-corrected chi connectivity index (χ3v) is 1.87. The van der Waals surface area contributed by atoms with Crippen molar-refractivity contribution in [3.05, 3.63) is 0 Å². The minimum Gasteiger partial charge on any atom is -0.461 e. The number of hydrogen-bond donors (Lipinski definition) is 0. The zero-order valence-electron chi connectivity index (χ0n) is 11.3. The molecule has 0 aliphatic rings. The average Bonchev–Trinajstić information content (AvgIpc) is 2.24. The van der Waals surface area contributed by atoms with Gasteiger partial charge < -0.3 is 14.2 Å². The fourth-order valence-corrected chi connectivity index (χ4v) is 1.17. The second kappa shape index (κ2) is 9.21. The van der Waals surface area contributed by atoms with Crippen LogP contribution in [0.4, 0.5) is 0 Å². The Morgan fingerprint density at radius 3 is 1.89 bits per heavy atom. The van der Waals surface area contributed by atoms with Crippen molar-refractivity contribution >= 4 is 23.5 Å². The van der Waals surface area contributed by atoms with Gasteiger partial charge in [0.1, 0.15) is 31.0 Å². The fraction of sp³-hybridized carbons (Fsp3) is 0.667. The number of methoxy groups -OCH3 is 1. The predicted octanol–water partition coefficient (Wildman–Crippen LogP) is 0.0460. The molecule has 0 aromatic heterocycles. The standard InChI is InChI=1S/C12H18O7/c1-8(13)4-11(15)18-7-10(6-17-3)19-12(16)5-9(2)14/h10H,4-7H2,1-3H3. The van der Waals surface area contributed by atoms with Crippen LogP contribution in [0.15, 0.2) is 0 Å². The van der Waals surface area contributed by atoms with E-state index in [-0.39, 0.29) is 37.6 Å². The van der Waals surface area contributed by atoms with Crippen molar-refractivity contribution in [3.63, 3.8) is 0 Å². The van der Waals surface area contributed by atoms with Crippen LogP contribution in [0.3, 0.4) is 0 Å². The van der Waals surface area contributed by atoms with Gasteiger partial charge in [0.25, 0.3) is 0 Å². The molecule has 0 bridgehead atoms. The number of esters is 2. The van der Waals surface area contributed by atoms with Crippen molar-refractivity contribution in [2.75, 3.05) is 20.3 Å². The molecule has 7 heteroatoms. The van der Waals surface area contributed by atoms with E-state index in [1.165, 1.54) is 21.0 Å². The molecule has 0 heterocycles. The van der Waals surface area contributed by atoms with E-state index in [4.69, 9.17) is 14.2 Å². The Labute approximate surface area is 111 Å². The molecule has 0 aliphatic heterocycles. The van der Waals surface area contributed by atoms with Crippen molar-refractivity contribution < 1.29 is 33.4 Å². The van der Waals surface area contributed by atoms with Crippen LogP contribution in [0.5, 0.6) is 0 Å². The molecule has 0 saturated carbocycles. The first-order chi connectivity index (χ1) is 8.85. The molecule has 0 spiro atoms. The molecule has 7 nitrogen and oxygen atoms in total. The Hall–Kier alpha value is -1.76. The van der Waals surface area contributed by atoms with Crippen LogP contribution in [-0.2, 0) is 33.4 Å². The maximum Gasteiger partial charge on any atom is 0.313 e. The summed E-state index contributed by atoms with van der Waals surface area (Å²) in [7, 11) is 1.39. The summed E-state index contributed by atoms with van der Waals surface area (Å²) in [6.45, 7) is 2.33. The van der Waals surface area contributed by atoms with E-state index in [1.54, 1.807) is 0 Å². The highest BCUT2D eigenvalue weighted by Gasteiger charge is 2.18. The first kappa shape index (κ1) is 17.2. The molecule has 0 fully saturated rings. The van der Waals surface area contributed by atoms with Crippen molar-refractivity contribution in [2.45, 2.75) is 32.8 Å². The van der Waals surface area contributed by atoms with Gasteiger partial charge in [-0.1, -0.05) is 0 Å². The third-order valence-electron chi connectivity index (χ3n) is 1.87. The van der Waals surface area contributed by atoms with Crippen LogP contribution in [0, 0.1) is 0 Å². The maximum absolute atomic E-state index is 11.3. The lowest BCUT2D eigenvalue weighted by Crippen LogP contribution is -2.30. The lowest BCUT2D eigenvalue weighted by atomic mass is 10.3. The summed E-state index contributed by atoms with van der Waals surface area (Å²) in [5, 5.41) is 0. The molecule has 0 radical (unpaired) electrons. The van der Waals surface area contributed by atoms with Gasteiger partial charge in [0.15, 0.2) is 6.10 Å². The summed E-state index contributed by atoms with van der Waals surface area (Å²) >= 11 is 0.